The van der Waals surface area contributed by atoms with E-state index >= 15 is 0 Å². The summed E-state index contributed by atoms with van der Waals surface area (Å²) in [6.07, 6.45) is 2.75. The highest BCUT2D eigenvalue weighted by molar-refractivity contribution is 5.54. The van der Waals surface area contributed by atoms with E-state index in [9.17, 15) is 14.5 Å². The zero-order valence-corrected chi connectivity index (χ0v) is 10.6. The van der Waals surface area contributed by atoms with Crippen molar-refractivity contribution in [2.75, 3.05) is 0 Å². The molecule has 0 amide bonds. The summed E-state index contributed by atoms with van der Waals surface area (Å²) in [5.74, 6) is -0.0152. The molecule has 0 saturated heterocycles. The number of aryl methyl sites for hydroxylation is 2. The first-order valence-corrected chi connectivity index (χ1v) is 6.37. The van der Waals surface area contributed by atoms with E-state index in [-0.39, 0.29) is 17.2 Å². The first kappa shape index (κ1) is 12.6. The normalized spacial score (nSPS) is 13.1. The molecule has 0 radical (unpaired) electrons. The van der Waals surface area contributed by atoms with Gasteiger partial charge in [0, 0.05) is 12.1 Å². The van der Waals surface area contributed by atoms with Gasteiger partial charge in [0.25, 0.3) is 0 Å². The average Bonchev–Trinajstić information content (AvgIpc) is 2.84. The van der Waals surface area contributed by atoms with E-state index in [0.29, 0.717) is 0 Å². The van der Waals surface area contributed by atoms with Crippen LogP contribution in [0.25, 0.3) is 0 Å². The Kier molecular flexibility index (Phi) is 3.10. The third-order valence-corrected chi connectivity index (χ3v) is 3.39. The van der Waals surface area contributed by atoms with Crippen molar-refractivity contribution in [3.05, 3.63) is 63.5 Å². The van der Waals surface area contributed by atoms with Gasteiger partial charge < -0.3 is 4.74 Å². The molecule has 0 atom stereocenters. The molecule has 20 heavy (non-hydrogen) atoms. The minimum absolute atomic E-state index is 0.0742. The summed E-state index contributed by atoms with van der Waals surface area (Å²) in [6, 6.07) is 8.84. The van der Waals surface area contributed by atoms with Crippen molar-refractivity contribution in [3.8, 4) is 11.5 Å². The summed E-state index contributed by atoms with van der Waals surface area (Å²) < 4.78 is 18.6. The summed E-state index contributed by atoms with van der Waals surface area (Å²) in [5, 5.41) is 11.1. The Hall–Kier alpha value is -2.43. The molecule has 0 N–H and O–H groups in total. The number of benzene rings is 2. The van der Waals surface area contributed by atoms with Gasteiger partial charge in [-0.3, -0.25) is 10.1 Å². The molecule has 5 heteroatoms. The quantitative estimate of drug-likeness (QED) is 0.627. The molecule has 0 fully saturated rings. The fourth-order valence-electron chi connectivity index (χ4n) is 2.47. The number of rotatable bonds is 3. The van der Waals surface area contributed by atoms with Crippen LogP contribution in [0, 0.1) is 15.9 Å². The van der Waals surface area contributed by atoms with Gasteiger partial charge in [-0.1, -0.05) is 6.07 Å². The van der Waals surface area contributed by atoms with Crippen LogP contribution in [0.15, 0.2) is 36.4 Å². The molecular formula is C15H12FNO3. The highest BCUT2D eigenvalue weighted by Crippen LogP contribution is 2.37. The van der Waals surface area contributed by atoms with E-state index < -0.39 is 10.7 Å². The van der Waals surface area contributed by atoms with Crippen molar-refractivity contribution in [1.29, 1.82) is 0 Å². The van der Waals surface area contributed by atoms with E-state index in [4.69, 9.17) is 4.74 Å². The van der Waals surface area contributed by atoms with Gasteiger partial charge in [-0.2, -0.15) is 0 Å². The number of hydrogen-bond acceptors (Lipinski definition) is 3. The Morgan fingerprint density at radius 3 is 2.60 bits per heavy atom. The van der Waals surface area contributed by atoms with E-state index in [1.807, 2.05) is 0 Å². The fraction of sp³-hybridized carbons (Fsp3) is 0.200. The topological polar surface area (TPSA) is 52.4 Å². The molecule has 0 bridgehead atoms. The van der Waals surface area contributed by atoms with Crippen LogP contribution in [-0.4, -0.2) is 4.92 Å². The van der Waals surface area contributed by atoms with Gasteiger partial charge in [0.1, 0.15) is 11.6 Å². The second kappa shape index (κ2) is 4.92. The Balaban J connectivity index is 2.01. The summed E-state index contributed by atoms with van der Waals surface area (Å²) in [7, 11) is 0. The molecule has 2 aromatic rings. The van der Waals surface area contributed by atoms with Crippen LogP contribution in [0.2, 0.25) is 0 Å². The molecule has 4 nitrogen and oxygen atoms in total. The van der Waals surface area contributed by atoms with Crippen LogP contribution in [0.3, 0.4) is 0 Å². The van der Waals surface area contributed by atoms with Crippen molar-refractivity contribution in [2.45, 2.75) is 19.3 Å². The standard InChI is InChI=1S/C15H12FNO3/c16-12-5-2-6-13(9-12)20-15-8-11-4-1-3-10(11)7-14(15)17(18)19/h2,5-9H,1,3-4H2. The summed E-state index contributed by atoms with van der Waals surface area (Å²) >= 11 is 0. The molecule has 3 rings (SSSR count). The number of nitrogens with zero attached hydrogens (tertiary/aromatic N) is 1. The lowest BCUT2D eigenvalue weighted by Crippen LogP contribution is -1.96. The van der Waals surface area contributed by atoms with Crippen LogP contribution in [-0.2, 0) is 12.8 Å². The van der Waals surface area contributed by atoms with Gasteiger partial charge in [0.2, 0.25) is 5.75 Å². The van der Waals surface area contributed by atoms with Crippen molar-refractivity contribution < 1.29 is 14.1 Å². The maximum Gasteiger partial charge on any atom is 0.311 e. The van der Waals surface area contributed by atoms with Gasteiger partial charge in [-0.25, -0.2) is 4.39 Å². The Morgan fingerprint density at radius 2 is 1.90 bits per heavy atom. The number of hydrogen-bond donors (Lipinski definition) is 0. The van der Waals surface area contributed by atoms with E-state index in [2.05, 4.69) is 0 Å². The summed E-state index contributed by atoms with van der Waals surface area (Å²) in [5.41, 5.74) is 2.00. The van der Waals surface area contributed by atoms with Gasteiger partial charge >= 0.3 is 5.69 Å². The Labute approximate surface area is 115 Å². The summed E-state index contributed by atoms with van der Waals surface area (Å²) in [6.45, 7) is 0. The molecule has 1 aliphatic rings. The minimum atomic E-state index is -0.465. The Morgan fingerprint density at radius 1 is 1.15 bits per heavy atom. The predicted molar refractivity (Wildman–Crippen MR) is 71.6 cm³/mol. The molecule has 1 aliphatic carbocycles. The van der Waals surface area contributed by atoms with Crippen molar-refractivity contribution >= 4 is 5.69 Å². The molecule has 0 unspecified atom stereocenters. The van der Waals surface area contributed by atoms with Gasteiger partial charge in [-0.05, 0) is 48.6 Å². The monoisotopic (exact) mass is 273 g/mol. The zero-order chi connectivity index (χ0) is 14.1. The number of nitro groups is 1. The van der Waals surface area contributed by atoms with Crippen LogP contribution < -0.4 is 4.74 Å². The van der Waals surface area contributed by atoms with Gasteiger partial charge in [-0.15, -0.1) is 0 Å². The van der Waals surface area contributed by atoms with Gasteiger partial charge in [0.05, 0.1) is 4.92 Å². The molecule has 0 aromatic heterocycles. The average molecular weight is 273 g/mol. The first-order chi connectivity index (χ1) is 9.63. The highest BCUT2D eigenvalue weighted by atomic mass is 19.1. The predicted octanol–water partition coefficient (Wildman–Crippen LogP) is 4.01. The van der Waals surface area contributed by atoms with E-state index in [1.165, 1.54) is 18.2 Å². The lowest BCUT2D eigenvalue weighted by Gasteiger charge is -2.08. The van der Waals surface area contributed by atoms with E-state index in [0.717, 1.165) is 30.4 Å². The molecule has 0 spiro atoms. The van der Waals surface area contributed by atoms with Crippen LogP contribution >= 0.6 is 0 Å². The van der Waals surface area contributed by atoms with Crippen LogP contribution in [0.4, 0.5) is 10.1 Å². The van der Waals surface area contributed by atoms with Gasteiger partial charge in [0.15, 0.2) is 0 Å². The maximum absolute atomic E-state index is 13.1. The molecule has 2 aromatic carbocycles. The fourth-order valence-corrected chi connectivity index (χ4v) is 2.47. The molecule has 0 heterocycles. The third kappa shape index (κ3) is 2.34. The lowest BCUT2D eigenvalue weighted by atomic mass is 10.1. The molecule has 102 valence electrons. The number of nitro benzene ring substituents is 1. The maximum atomic E-state index is 13.1. The second-order valence-electron chi connectivity index (χ2n) is 4.76. The smallest absolute Gasteiger partial charge is 0.311 e. The molecular weight excluding hydrogens is 261 g/mol. The number of fused-ring (bicyclic) bond motifs is 1. The largest absolute Gasteiger partial charge is 0.450 e. The van der Waals surface area contributed by atoms with Crippen molar-refractivity contribution in [1.82, 2.24) is 0 Å². The highest BCUT2D eigenvalue weighted by Gasteiger charge is 2.22. The van der Waals surface area contributed by atoms with Crippen molar-refractivity contribution in [2.24, 2.45) is 0 Å². The number of ether oxygens (including phenoxy) is 1. The lowest BCUT2D eigenvalue weighted by molar-refractivity contribution is -0.385. The summed E-state index contributed by atoms with van der Waals surface area (Å²) in [4.78, 5) is 10.7. The van der Waals surface area contributed by atoms with E-state index in [1.54, 1.807) is 18.2 Å². The number of halogens is 1. The Bertz CT molecular complexity index is 685. The third-order valence-electron chi connectivity index (χ3n) is 3.39. The first-order valence-electron chi connectivity index (χ1n) is 6.37. The SMILES string of the molecule is O=[N+]([O-])c1cc2c(cc1Oc1cccc(F)c1)CCC2. The second-order valence-corrected chi connectivity index (χ2v) is 4.76. The molecule has 0 aliphatic heterocycles. The van der Waals surface area contributed by atoms with Crippen LogP contribution in [0.5, 0.6) is 11.5 Å². The molecule has 0 saturated carbocycles. The zero-order valence-electron chi connectivity index (χ0n) is 10.6. The van der Waals surface area contributed by atoms with Crippen molar-refractivity contribution in [3.63, 3.8) is 0 Å². The van der Waals surface area contributed by atoms with Crippen LogP contribution in [0.1, 0.15) is 17.5 Å². The minimum Gasteiger partial charge on any atom is -0.450 e.